The average molecular weight is 333 g/mol. The van der Waals surface area contributed by atoms with Gasteiger partial charge in [-0.3, -0.25) is 14.5 Å². The number of aryl methyl sites for hydroxylation is 2. The molecule has 6 heteroatoms. The minimum atomic E-state index is 0.0289. The van der Waals surface area contributed by atoms with E-state index in [1.54, 1.807) is 6.07 Å². The van der Waals surface area contributed by atoms with E-state index >= 15 is 0 Å². The number of likely N-dealkylation sites (N-methyl/N-ethyl adjacent to an activating group) is 1. The molecule has 1 saturated heterocycles. The maximum Gasteiger partial charge on any atom is 0.257 e. The Hall–Kier alpha value is -1.82. The van der Waals surface area contributed by atoms with E-state index in [2.05, 4.69) is 4.90 Å². The summed E-state index contributed by atoms with van der Waals surface area (Å²) in [5.74, 6) is 2.37. The van der Waals surface area contributed by atoms with Gasteiger partial charge in [0.1, 0.15) is 11.5 Å². The molecule has 2 heterocycles. The molecule has 1 aromatic heterocycles. The molecule has 2 aliphatic rings. The number of rotatable bonds is 5. The van der Waals surface area contributed by atoms with E-state index in [0.29, 0.717) is 31.0 Å². The molecule has 1 aliphatic heterocycles. The Bertz CT molecular complexity index is 613. The SMILES string of the molecule is Cc1cc(C(=O)N2CCN(CC(=O)N(C)CC3CC3)CC2)c(C)o1. The van der Waals surface area contributed by atoms with Gasteiger partial charge in [0.25, 0.3) is 5.91 Å². The van der Waals surface area contributed by atoms with Crippen molar-refractivity contribution in [3.8, 4) is 0 Å². The zero-order valence-corrected chi connectivity index (χ0v) is 14.9. The summed E-state index contributed by atoms with van der Waals surface area (Å²) in [4.78, 5) is 30.7. The summed E-state index contributed by atoms with van der Waals surface area (Å²) in [6.07, 6.45) is 2.51. The molecule has 0 spiro atoms. The lowest BCUT2D eigenvalue weighted by Crippen LogP contribution is -2.51. The van der Waals surface area contributed by atoms with Gasteiger partial charge < -0.3 is 14.2 Å². The molecular formula is C18H27N3O3. The molecule has 1 aromatic rings. The lowest BCUT2D eigenvalue weighted by Gasteiger charge is -2.35. The van der Waals surface area contributed by atoms with Crippen LogP contribution in [0, 0.1) is 19.8 Å². The summed E-state index contributed by atoms with van der Waals surface area (Å²) in [6, 6.07) is 1.81. The highest BCUT2D eigenvalue weighted by Gasteiger charge is 2.28. The van der Waals surface area contributed by atoms with E-state index in [-0.39, 0.29) is 11.8 Å². The van der Waals surface area contributed by atoms with Crippen LogP contribution in [0.1, 0.15) is 34.7 Å². The lowest BCUT2D eigenvalue weighted by molar-refractivity contribution is -0.131. The maximum atomic E-state index is 12.6. The topological polar surface area (TPSA) is 57.0 Å². The van der Waals surface area contributed by atoms with Crippen LogP contribution in [0.3, 0.4) is 0 Å². The smallest absolute Gasteiger partial charge is 0.257 e. The fraction of sp³-hybridized carbons (Fsp3) is 0.667. The molecular weight excluding hydrogens is 306 g/mol. The van der Waals surface area contributed by atoms with Gasteiger partial charge in [-0.05, 0) is 38.7 Å². The third-order valence-corrected chi connectivity index (χ3v) is 4.94. The fourth-order valence-corrected chi connectivity index (χ4v) is 3.22. The Balaban J connectivity index is 1.47. The third-order valence-electron chi connectivity index (χ3n) is 4.94. The Morgan fingerprint density at radius 1 is 1.21 bits per heavy atom. The molecule has 2 fully saturated rings. The van der Waals surface area contributed by atoms with Crippen LogP contribution in [0.5, 0.6) is 0 Å². The van der Waals surface area contributed by atoms with E-state index in [0.717, 1.165) is 31.3 Å². The van der Waals surface area contributed by atoms with Crippen molar-refractivity contribution in [2.75, 3.05) is 46.3 Å². The van der Waals surface area contributed by atoms with Gasteiger partial charge in [0.2, 0.25) is 5.91 Å². The molecule has 0 radical (unpaired) electrons. The largest absolute Gasteiger partial charge is 0.466 e. The molecule has 0 N–H and O–H groups in total. The van der Waals surface area contributed by atoms with Gasteiger partial charge in [-0.1, -0.05) is 0 Å². The Morgan fingerprint density at radius 2 is 1.88 bits per heavy atom. The van der Waals surface area contributed by atoms with E-state index in [4.69, 9.17) is 4.42 Å². The van der Waals surface area contributed by atoms with Crippen LogP contribution in [-0.2, 0) is 4.79 Å². The van der Waals surface area contributed by atoms with Crippen molar-refractivity contribution < 1.29 is 14.0 Å². The van der Waals surface area contributed by atoms with E-state index in [9.17, 15) is 9.59 Å². The standard InChI is InChI=1S/C18H27N3O3/c1-13-10-16(14(2)24-13)18(23)21-8-6-20(7-9-21)12-17(22)19(3)11-15-4-5-15/h10,15H,4-9,11-12H2,1-3H3. The number of piperazine rings is 1. The Morgan fingerprint density at radius 3 is 2.42 bits per heavy atom. The van der Waals surface area contributed by atoms with Crippen molar-refractivity contribution in [2.24, 2.45) is 5.92 Å². The number of nitrogens with zero attached hydrogens (tertiary/aromatic N) is 3. The summed E-state index contributed by atoms with van der Waals surface area (Å²) < 4.78 is 5.46. The highest BCUT2D eigenvalue weighted by molar-refractivity contribution is 5.95. The quantitative estimate of drug-likeness (QED) is 0.820. The Labute approximate surface area is 143 Å². The summed E-state index contributed by atoms with van der Waals surface area (Å²) >= 11 is 0. The average Bonchev–Trinajstić information content (AvgIpc) is 3.30. The first-order chi connectivity index (χ1) is 11.4. The van der Waals surface area contributed by atoms with E-state index in [1.165, 1.54) is 12.8 Å². The molecule has 0 unspecified atom stereocenters. The number of amides is 2. The van der Waals surface area contributed by atoms with Crippen LogP contribution in [0.2, 0.25) is 0 Å². The number of hydrogen-bond donors (Lipinski definition) is 0. The summed E-state index contributed by atoms with van der Waals surface area (Å²) in [6.45, 7) is 7.81. The van der Waals surface area contributed by atoms with Crippen molar-refractivity contribution in [1.29, 1.82) is 0 Å². The number of furan rings is 1. The summed E-state index contributed by atoms with van der Waals surface area (Å²) in [7, 11) is 1.89. The lowest BCUT2D eigenvalue weighted by atomic mass is 10.2. The van der Waals surface area contributed by atoms with Crippen molar-refractivity contribution in [3.05, 3.63) is 23.2 Å². The zero-order chi connectivity index (χ0) is 17.3. The maximum absolute atomic E-state index is 12.6. The van der Waals surface area contributed by atoms with Gasteiger partial charge in [-0.2, -0.15) is 0 Å². The normalized spacial score (nSPS) is 18.7. The monoisotopic (exact) mass is 333 g/mol. The highest BCUT2D eigenvalue weighted by Crippen LogP contribution is 2.29. The van der Waals surface area contributed by atoms with E-state index in [1.807, 2.05) is 30.7 Å². The van der Waals surface area contributed by atoms with Gasteiger partial charge in [0, 0.05) is 39.8 Å². The van der Waals surface area contributed by atoms with Crippen LogP contribution in [-0.4, -0.2) is 72.8 Å². The van der Waals surface area contributed by atoms with Gasteiger partial charge >= 0.3 is 0 Å². The Kier molecular flexibility index (Phi) is 4.94. The van der Waals surface area contributed by atoms with Crippen LogP contribution in [0.4, 0.5) is 0 Å². The van der Waals surface area contributed by atoms with Crippen LogP contribution in [0.25, 0.3) is 0 Å². The second-order valence-electron chi connectivity index (χ2n) is 7.11. The fourth-order valence-electron chi connectivity index (χ4n) is 3.22. The minimum absolute atomic E-state index is 0.0289. The van der Waals surface area contributed by atoms with Gasteiger partial charge in [-0.15, -0.1) is 0 Å². The molecule has 24 heavy (non-hydrogen) atoms. The molecule has 1 aliphatic carbocycles. The molecule has 6 nitrogen and oxygen atoms in total. The molecule has 0 aromatic carbocycles. The molecule has 0 bridgehead atoms. The molecule has 0 atom stereocenters. The number of carbonyl (C=O) groups excluding carboxylic acids is 2. The van der Waals surface area contributed by atoms with Crippen molar-refractivity contribution in [1.82, 2.24) is 14.7 Å². The first-order valence-corrected chi connectivity index (χ1v) is 8.76. The van der Waals surface area contributed by atoms with Crippen molar-refractivity contribution in [2.45, 2.75) is 26.7 Å². The first kappa shape index (κ1) is 17.0. The molecule has 132 valence electrons. The predicted molar refractivity (Wildman–Crippen MR) is 90.9 cm³/mol. The second kappa shape index (κ2) is 6.97. The van der Waals surface area contributed by atoms with Crippen molar-refractivity contribution >= 4 is 11.8 Å². The van der Waals surface area contributed by atoms with E-state index < -0.39 is 0 Å². The summed E-state index contributed by atoms with van der Waals surface area (Å²) in [5, 5.41) is 0. The third kappa shape index (κ3) is 3.98. The number of carbonyl (C=O) groups is 2. The predicted octanol–water partition coefficient (Wildman–Crippen LogP) is 1.52. The molecule has 2 amide bonds. The van der Waals surface area contributed by atoms with Crippen LogP contribution in [0.15, 0.2) is 10.5 Å². The molecule has 3 rings (SSSR count). The minimum Gasteiger partial charge on any atom is -0.466 e. The van der Waals surface area contributed by atoms with Gasteiger partial charge in [0.05, 0.1) is 12.1 Å². The number of hydrogen-bond acceptors (Lipinski definition) is 4. The van der Waals surface area contributed by atoms with Gasteiger partial charge in [0.15, 0.2) is 0 Å². The van der Waals surface area contributed by atoms with Gasteiger partial charge in [-0.25, -0.2) is 0 Å². The van der Waals surface area contributed by atoms with Crippen LogP contribution >= 0.6 is 0 Å². The first-order valence-electron chi connectivity index (χ1n) is 8.76. The zero-order valence-electron chi connectivity index (χ0n) is 14.9. The molecule has 1 saturated carbocycles. The second-order valence-corrected chi connectivity index (χ2v) is 7.11. The summed E-state index contributed by atoms with van der Waals surface area (Å²) in [5.41, 5.74) is 0.654. The van der Waals surface area contributed by atoms with Crippen molar-refractivity contribution in [3.63, 3.8) is 0 Å². The highest BCUT2D eigenvalue weighted by atomic mass is 16.3. The van der Waals surface area contributed by atoms with Crippen LogP contribution < -0.4 is 0 Å².